The molecule has 9 heavy (non-hydrogen) atoms. The minimum atomic E-state index is 0.685. The van der Waals surface area contributed by atoms with E-state index in [0.717, 1.165) is 12.2 Å². The van der Waals surface area contributed by atoms with Gasteiger partial charge in [0.2, 0.25) is 0 Å². The van der Waals surface area contributed by atoms with E-state index >= 15 is 0 Å². The summed E-state index contributed by atoms with van der Waals surface area (Å²) in [4.78, 5) is 3.86. The first-order valence-corrected chi connectivity index (χ1v) is 3.38. The second-order valence-corrected chi connectivity index (χ2v) is 2.09. The van der Waals surface area contributed by atoms with Crippen LogP contribution in [0.1, 0.15) is 5.82 Å². The van der Waals surface area contributed by atoms with Crippen LogP contribution in [0.4, 0.5) is 0 Å². The summed E-state index contributed by atoms with van der Waals surface area (Å²) in [5.41, 5.74) is 2.66. The first-order valence-electron chi connectivity index (χ1n) is 2.61. The minimum absolute atomic E-state index is 0.685. The Balaban J connectivity index is 2.30. The van der Waals surface area contributed by atoms with Crippen LogP contribution in [-0.4, -0.2) is 23.1 Å². The van der Waals surface area contributed by atoms with Crippen molar-refractivity contribution in [1.29, 1.82) is 0 Å². The maximum atomic E-state index is 4.83. The van der Waals surface area contributed by atoms with E-state index in [1.54, 1.807) is 7.11 Å². The molecule has 1 heterocycles. The summed E-state index contributed by atoms with van der Waals surface area (Å²) in [5.74, 6) is 0.821. The third-order valence-corrected chi connectivity index (χ3v) is 1.37. The van der Waals surface area contributed by atoms with Gasteiger partial charge in [-0.2, -0.15) is 4.37 Å². The summed E-state index contributed by atoms with van der Waals surface area (Å²) in [6, 6.07) is 0. The number of rotatable bonds is 3. The van der Waals surface area contributed by atoms with Gasteiger partial charge in [-0.25, -0.2) is 4.98 Å². The highest BCUT2D eigenvalue weighted by atomic mass is 32.1. The van der Waals surface area contributed by atoms with Gasteiger partial charge in [-0.05, 0) is 11.5 Å². The van der Waals surface area contributed by atoms with Gasteiger partial charge in [0.15, 0.2) is 5.51 Å². The number of methoxy groups -OCH3 is 1. The van der Waals surface area contributed by atoms with E-state index in [9.17, 15) is 0 Å². The molecule has 0 N–H and O–H groups in total. The Morgan fingerprint density at radius 3 is 3.22 bits per heavy atom. The molecule has 0 spiro atoms. The molecule has 0 bridgehead atoms. The molecule has 0 aromatic carbocycles. The van der Waals surface area contributed by atoms with Gasteiger partial charge < -0.3 is 4.74 Å². The highest BCUT2D eigenvalue weighted by Crippen LogP contribution is 1.93. The standard InChI is InChI=1S/C5H7N2OS/c1-8-3-2-5-6-4-9-7-5/h2-3H2,1H3. The zero-order valence-electron chi connectivity index (χ0n) is 5.13. The van der Waals surface area contributed by atoms with Crippen molar-refractivity contribution in [2.45, 2.75) is 6.42 Å². The molecule has 1 aromatic heterocycles. The third-order valence-electron chi connectivity index (χ3n) is 0.896. The van der Waals surface area contributed by atoms with Crippen molar-refractivity contribution in [1.82, 2.24) is 9.36 Å². The normalized spacial score (nSPS) is 9.89. The monoisotopic (exact) mass is 143 g/mol. The highest BCUT2D eigenvalue weighted by molar-refractivity contribution is 7.02. The quantitative estimate of drug-likeness (QED) is 0.619. The fourth-order valence-corrected chi connectivity index (χ4v) is 0.886. The van der Waals surface area contributed by atoms with Crippen LogP contribution in [0.15, 0.2) is 0 Å². The molecule has 0 unspecified atom stereocenters. The molecule has 0 aliphatic heterocycles. The van der Waals surface area contributed by atoms with E-state index in [0.29, 0.717) is 6.61 Å². The summed E-state index contributed by atoms with van der Waals surface area (Å²) >= 11 is 1.25. The maximum Gasteiger partial charge on any atom is 0.174 e. The van der Waals surface area contributed by atoms with E-state index in [4.69, 9.17) is 4.74 Å². The Morgan fingerprint density at radius 2 is 2.67 bits per heavy atom. The molecule has 0 atom stereocenters. The van der Waals surface area contributed by atoms with Crippen molar-refractivity contribution in [2.24, 2.45) is 0 Å². The van der Waals surface area contributed by atoms with Gasteiger partial charge in [-0.15, -0.1) is 0 Å². The Kier molecular flexibility index (Phi) is 2.60. The number of hydrogen-bond donors (Lipinski definition) is 0. The molecule has 1 rings (SSSR count). The lowest BCUT2D eigenvalue weighted by molar-refractivity contribution is 0.201. The molecule has 0 saturated heterocycles. The first-order chi connectivity index (χ1) is 4.43. The van der Waals surface area contributed by atoms with Gasteiger partial charge in [0.25, 0.3) is 0 Å². The van der Waals surface area contributed by atoms with E-state index < -0.39 is 0 Å². The van der Waals surface area contributed by atoms with Crippen molar-refractivity contribution in [2.75, 3.05) is 13.7 Å². The zero-order valence-corrected chi connectivity index (χ0v) is 5.94. The predicted octanol–water partition coefficient (Wildman–Crippen LogP) is 0.527. The smallest absolute Gasteiger partial charge is 0.174 e. The van der Waals surface area contributed by atoms with Crippen LogP contribution >= 0.6 is 11.5 Å². The van der Waals surface area contributed by atoms with Gasteiger partial charge in [0.1, 0.15) is 5.82 Å². The molecule has 0 fully saturated rings. The molecular formula is C5H7N2OS. The second kappa shape index (κ2) is 3.53. The van der Waals surface area contributed by atoms with Crippen LogP contribution in [-0.2, 0) is 11.2 Å². The largest absolute Gasteiger partial charge is 0.384 e. The van der Waals surface area contributed by atoms with E-state index in [1.165, 1.54) is 11.5 Å². The van der Waals surface area contributed by atoms with Crippen molar-refractivity contribution >= 4 is 11.5 Å². The SMILES string of the molecule is COCCc1n[c]sn1. The van der Waals surface area contributed by atoms with Crippen LogP contribution in [0, 0.1) is 5.51 Å². The van der Waals surface area contributed by atoms with Crippen molar-refractivity contribution < 1.29 is 4.74 Å². The highest BCUT2D eigenvalue weighted by Gasteiger charge is 1.93. The second-order valence-electron chi connectivity index (χ2n) is 1.54. The molecule has 1 aromatic rings. The molecule has 3 nitrogen and oxygen atoms in total. The van der Waals surface area contributed by atoms with Crippen LogP contribution in [0.5, 0.6) is 0 Å². The lowest BCUT2D eigenvalue weighted by Gasteiger charge is -1.90. The molecule has 0 saturated carbocycles. The Bertz CT molecular complexity index is 152. The topological polar surface area (TPSA) is 35.0 Å². The van der Waals surface area contributed by atoms with Crippen molar-refractivity contribution in [3.63, 3.8) is 0 Å². The lowest BCUT2D eigenvalue weighted by atomic mass is 10.4. The fraction of sp³-hybridized carbons (Fsp3) is 0.600. The van der Waals surface area contributed by atoms with Crippen LogP contribution in [0.3, 0.4) is 0 Å². The lowest BCUT2D eigenvalue weighted by Crippen LogP contribution is -1.95. The molecule has 4 heteroatoms. The van der Waals surface area contributed by atoms with Gasteiger partial charge in [0, 0.05) is 13.5 Å². The first kappa shape index (κ1) is 6.64. The summed E-state index contributed by atoms with van der Waals surface area (Å²) in [5, 5.41) is 0. The van der Waals surface area contributed by atoms with Crippen LogP contribution < -0.4 is 0 Å². The Hall–Kier alpha value is -0.480. The van der Waals surface area contributed by atoms with Crippen molar-refractivity contribution in [3.05, 3.63) is 11.3 Å². The number of nitrogens with zero attached hydrogens (tertiary/aromatic N) is 2. The van der Waals surface area contributed by atoms with Crippen LogP contribution in [0.2, 0.25) is 0 Å². The molecule has 1 radical (unpaired) electrons. The zero-order chi connectivity index (χ0) is 6.53. The van der Waals surface area contributed by atoms with Crippen molar-refractivity contribution in [3.8, 4) is 0 Å². The third kappa shape index (κ3) is 2.07. The average Bonchev–Trinajstić information content (AvgIpc) is 2.34. The molecular weight excluding hydrogens is 136 g/mol. The number of ether oxygens (including phenoxy) is 1. The van der Waals surface area contributed by atoms with E-state index in [-0.39, 0.29) is 0 Å². The van der Waals surface area contributed by atoms with Gasteiger partial charge >= 0.3 is 0 Å². The maximum absolute atomic E-state index is 4.83. The van der Waals surface area contributed by atoms with Gasteiger partial charge in [-0.1, -0.05) is 0 Å². The summed E-state index contributed by atoms with van der Waals surface area (Å²) in [6.07, 6.45) is 0.788. The van der Waals surface area contributed by atoms with Crippen LogP contribution in [0.25, 0.3) is 0 Å². The molecule has 0 aliphatic rings. The number of aromatic nitrogens is 2. The fourth-order valence-electron chi connectivity index (χ4n) is 0.462. The molecule has 0 aliphatic carbocycles. The van der Waals surface area contributed by atoms with Gasteiger partial charge in [0.05, 0.1) is 6.61 Å². The van der Waals surface area contributed by atoms with Gasteiger partial charge in [-0.3, -0.25) is 0 Å². The Morgan fingerprint density at radius 1 is 1.78 bits per heavy atom. The number of hydrogen-bond acceptors (Lipinski definition) is 4. The Labute approximate surface area is 57.9 Å². The van der Waals surface area contributed by atoms with E-state index in [2.05, 4.69) is 14.9 Å². The average molecular weight is 143 g/mol. The van der Waals surface area contributed by atoms with E-state index in [1.807, 2.05) is 0 Å². The minimum Gasteiger partial charge on any atom is -0.384 e. The summed E-state index contributed by atoms with van der Waals surface area (Å²) in [6.45, 7) is 0.685. The molecule has 49 valence electrons. The predicted molar refractivity (Wildman–Crippen MR) is 34.3 cm³/mol. The summed E-state index contributed by atoms with van der Waals surface area (Å²) < 4.78 is 8.77. The molecule has 0 amide bonds. The summed E-state index contributed by atoms with van der Waals surface area (Å²) in [7, 11) is 1.66.